The Bertz CT molecular complexity index is 908. The highest BCUT2D eigenvalue weighted by molar-refractivity contribution is 5.55. The lowest BCUT2D eigenvalue weighted by Crippen LogP contribution is -2.37. The second kappa shape index (κ2) is 6.29. The van der Waals surface area contributed by atoms with Gasteiger partial charge >= 0.3 is 0 Å². The Morgan fingerprint density at radius 2 is 1.28 bits per heavy atom. The molecule has 122 valence electrons. The summed E-state index contributed by atoms with van der Waals surface area (Å²) in [5.41, 5.74) is 2.22. The van der Waals surface area contributed by atoms with E-state index < -0.39 is 5.54 Å². The summed E-state index contributed by atoms with van der Waals surface area (Å²) in [5, 5.41) is 10.7. The molecule has 0 saturated carbocycles. The average molecular weight is 326 g/mol. The molecule has 0 bridgehead atoms. The number of benzene rings is 3. The zero-order valence-corrected chi connectivity index (χ0v) is 13.7. The monoisotopic (exact) mass is 326 g/mol. The van der Waals surface area contributed by atoms with Crippen LogP contribution >= 0.6 is 0 Å². The number of hydrogen-bond acceptors (Lipinski definition) is 2. The van der Waals surface area contributed by atoms with Gasteiger partial charge in [-0.25, -0.2) is 4.98 Å². The molecule has 0 amide bonds. The molecule has 0 unspecified atom stereocenters. The van der Waals surface area contributed by atoms with Crippen LogP contribution in [0.1, 0.15) is 16.7 Å². The largest absolute Gasteiger partial charge is 0.508 e. The van der Waals surface area contributed by atoms with Crippen LogP contribution in [0.25, 0.3) is 0 Å². The van der Waals surface area contributed by atoms with Gasteiger partial charge in [-0.3, -0.25) is 0 Å². The number of rotatable bonds is 4. The SMILES string of the molecule is Oc1ccccc1C(c1ccccc1)(c1ccccc1)n1ccnc1. The van der Waals surface area contributed by atoms with Crippen LogP contribution in [0, 0.1) is 0 Å². The highest BCUT2D eigenvalue weighted by Gasteiger charge is 2.39. The molecule has 0 saturated heterocycles. The summed E-state index contributed by atoms with van der Waals surface area (Å²) in [7, 11) is 0. The Morgan fingerprint density at radius 1 is 0.720 bits per heavy atom. The first-order valence-corrected chi connectivity index (χ1v) is 8.21. The van der Waals surface area contributed by atoms with Crippen LogP contribution in [-0.2, 0) is 5.54 Å². The van der Waals surface area contributed by atoms with Crippen LogP contribution in [-0.4, -0.2) is 14.7 Å². The molecule has 3 heteroatoms. The summed E-state index contributed by atoms with van der Waals surface area (Å²) in [5.74, 6) is 0.254. The molecule has 0 fully saturated rings. The van der Waals surface area contributed by atoms with E-state index in [0.29, 0.717) is 0 Å². The van der Waals surface area contributed by atoms with Crippen molar-refractivity contribution in [2.45, 2.75) is 5.54 Å². The molecule has 0 aliphatic carbocycles. The molecule has 1 aromatic heterocycles. The van der Waals surface area contributed by atoms with Crippen LogP contribution < -0.4 is 0 Å². The van der Waals surface area contributed by atoms with Gasteiger partial charge in [-0.1, -0.05) is 78.9 Å². The summed E-state index contributed by atoms with van der Waals surface area (Å²) < 4.78 is 2.05. The van der Waals surface area contributed by atoms with E-state index in [1.54, 1.807) is 18.6 Å². The lowest BCUT2D eigenvalue weighted by atomic mass is 9.76. The molecule has 25 heavy (non-hydrogen) atoms. The third kappa shape index (κ3) is 2.41. The zero-order chi connectivity index (χ0) is 17.1. The molecule has 0 aliphatic rings. The number of para-hydroxylation sites is 1. The number of nitrogens with zero attached hydrogens (tertiary/aromatic N) is 2. The topological polar surface area (TPSA) is 38.0 Å². The highest BCUT2D eigenvalue weighted by atomic mass is 16.3. The highest BCUT2D eigenvalue weighted by Crippen LogP contribution is 2.43. The standard InChI is InChI=1S/C22H18N2O/c25-21-14-8-7-13-20(21)22(24-16-15-23-17-24,18-9-3-1-4-10-18)19-11-5-2-6-12-19/h1-17,25H. The second-order valence-electron chi connectivity index (χ2n) is 5.93. The number of imidazole rings is 1. The van der Waals surface area contributed by atoms with Crippen LogP contribution in [0.15, 0.2) is 104 Å². The first-order chi connectivity index (χ1) is 12.3. The molecule has 3 nitrogen and oxygen atoms in total. The molecule has 1 heterocycles. The van der Waals surface area contributed by atoms with Gasteiger partial charge in [0.1, 0.15) is 11.3 Å². The number of aromatic hydroxyl groups is 1. The van der Waals surface area contributed by atoms with Crippen LogP contribution in [0.2, 0.25) is 0 Å². The molecule has 3 aromatic carbocycles. The van der Waals surface area contributed by atoms with Gasteiger partial charge < -0.3 is 9.67 Å². The zero-order valence-electron chi connectivity index (χ0n) is 13.7. The van der Waals surface area contributed by atoms with Gasteiger partial charge in [-0.15, -0.1) is 0 Å². The van der Waals surface area contributed by atoms with Crippen molar-refractivity contribution in [3.63, 3.8) is 0 Å². The van der Waals surface area contributed by atoms with Crippen molar-refractivity contribution in [1.82, 2.24) is 9.55 Å². The lowest BCUT2D eigenvalue weighted by molar-refractivity contribution is 0.434. The van der Waals surface area contributed by atoms with E-state index >= 15 is 0 Å². The van der Waals surface area contributed by atoms with Crippen molar-refractivity contribution < 1.29 is 5.11 Å². The van der Waals surface area contributed by atoms with Crippen molar-refractivity contribution >= 4 is 0 Å². The minimum absolute atomic E-state index is 0.254. The van der Waals surface area contributed by atoms with Crippen LogP contribution in [0.3, 0.4) is 0 Å². The van der Waals surface area contributed by atoms with Crippen LogP contribution in [0.5, 0.6) is 5.75 Å². The van der Waals surface area contributed by atoms with Crippen molar-refractivity contribution in [2.75, 3.05) is 0 Å². The van der Waals surface area contributed by atoms with E-state index in [4.69, 9.17) is 0 Å². The number of phenols is 1. The first-order valence-electron chi connectivity index (χ1n) is 8.21. The fourth-order valence-electron chi connectivity index (χ4n) is 3.51. The Hall–Kier alpha value is -3.33. The third-order valence-electron chi connectivity index (χ3n) is 4.57. The Kier molecular flexibility index (Phi) is 3.82. The smallest absolute Gasteiger partial charge is 0.125 e. The maximum absolute atomic E-state index is 10.7. The Morgan fingerprint density at radius 3 is 1.80 bits per heavy atom. The van der Waals surface area contributed by atoms with Crippen molar-refractivity contribution in [2.24, 2.45) is 0 Å². The molecule has 1 N–H and O–H groups in total. The molecule has 0 aliphatic heterocycles. The summed E-state index contributed by atoms with van der Waals surface area (Å²) >= 11 is 0. The summed E-state index contributed by atoms with van der Waals surface area (Å²) in [4.78, 5) is 4.28. The summed E-state index contributed by atoms with van der Waals surface area (Å²) in [6, 6.07) is 27.9. The average Bonchev–Trinajstić information content (AvgIpc) is 3.21. The van der Waals surface area contributed by atoms with Crippen molar-refractivity contribution in [3.8, 4) is 5.75 Å². The van der Waals surface area contributed by atoms with Crippen molar-refractivity contribution in [3.05, 3.63) is 120 Å². The third-order valence-corrected chi connectivity index (χ3v) is 4.57. The fraction of sp³-hybridized carbons (Fsp3) is 0.0455. The van der Waals surface area contributed by atoms with Gasteiger partial charge in [0.15, 0.2) is 0 Å². The molecular weight excluding hydrogens is 308 g/mol. The molecule has 4 aromatic rings. The maximum Gasteiger partial charge on any atom is 0.125 e. The number of phenolic OH excluding ortho intramolecular Hbond substituents is 1. The van der Waals surface area contributed by atoms with Gasteiger partial charge in [0.05, 0.1) is 6.33 Å². The molecule has 0 atom stereocenters. The minimum Gasteiger partial charge on any atom is -0.508 e. The predicted octanol–water partition coefficient (Wildman–Crippen LogP) is 4.43. The maximum atomic E-state index is 10.7. The summed E-state index contributed by atoms with van der Waals surface area (Å²) in [6.07, 6.45) is 5.50. The van der Waals surface area contributed by atoms with Crippen molar-refractivity contribution in [1.29, 1.82) is 0 Å². The quantitative estimate of drug-likeness (QED) is 0.563. The van der Waals surface area contributed by atoms with Gasteiger partial charge in [-0.05, 0) is 17.2 Å². The van der Waals surface area contributed by atoms with E-state index in [1.807, 2.05) is 65.4 Å². The normalized spacial score (nSPS) is 11.4. The lowest BCUT2D eigenvalue weighted by Gasteiger charge is -2.37. The number of hydrogen-bond donors (Lipinski definition) is 1. The van der Waals surface area contributed by atoms with Crippen LogP contribution in [0.4, 0.5) is 0 Å². The molecule has 0 radical (unpaired) electrons. The summed E-state index contributed by atoms with van der Waals surface area (Å²) in [6.45, 7) is 0. The van der Waals surface area contributed by atoms with Gasteiger partial charge in [0.25, 0.3) is 0 Å². The Balaban J connectivity index is 2.15. The minimum atomic E-state index is -0.704. The first kappa shape index (κ1) is 15.2. The van der Waals surface area contributed by atoms with Gasteiger partial charge in [0, 0.05) is 18.0 Å². The second-order valence-corrected chi connectivity index (χ2v) is 5.93. The van der Waals surface area contributed by atoms with E-state index in [-0.39, 0.29) is 5.75 Å². The van der Waals surface area contributed by atoms with Gasteiger partial charge in [-0.2, -0.15) is 0 Å². The molecular formula is C22H18N2O. The molecule has 0 spiro atoms. The predicted molar refractivity (Wildman–Crippen MR) is 98.5 cm³/mol. The van der Waals surface area contributed by atoms with E-state index in [0.717, 1.165) is 16.7 Å². The van der Waals surface area contributed by atoms with E-state index in [9.17, 15) is 5.11 Å². The van der Waals surface area contributed by atoms with E-state index in [2.05, 4.69) is 29.2 Å². The Labute approximate surface area is 146 Å². The van der Waals surface area contributed by atoms with E-state index in [1.165, 1.54) is 0 Å². The van der Waals surface area contributed by atoms with Gasteiger partial charge in [0.2, 0.25) is 0 Å². The fourth-order valence-corrected chi connectivity index (χ4v) is 3.51. The number of aromatic nitrogens is 2. The molecule has 4 rings (SSSR count).